The molecule has 0 aliphatic carbocycles. The Kier molecular flexibility index (Phi) is 4.31. The van der Waals surface area contributed by atoms with Gasteiger partial charge in [0, 0.05) is 11.9 Å². The van der Waals surface area contributed by atoms with E-state index in [0.717, 1.165) is 22.1 Å². The Bertz CT molecular complexity index is 889. The van der Waals surface area contributed by atoms with Crippen LogP contribution in [0.2, 0.25) is 0 Å². The van der Waals surface area contributed by atoms with Gasteiger partial charge in [-0.1, -0.05) is 30.3 Å². The second-order valence-electron chi connectivity index (χ2n) is 5.27. The Balaban J connectivity index is 2.14. The van der Waals surface area contributed by atoms with Crippen molar-refractivity contribution in [2.24, 2.45) is 0 Å². The number of nitrogens with zero attached hydrogens (tertiary/aromatic N) is 1. The van der Waals surface area contributed by atoms with Gasteiger partial charge in [-0.15, -0.1) is 0 Å². The Morgan fingerprint density at radius 1 is 1.17 bits per heavy atom. The first-order chi connectivity index (χ1) is 11.6. The average Bonchev–Trinajstić information content (AvgIpc) is 2.58. The van der Waals surface area contributed by atoms with Crippen molar-refractivity contribution >= 4 is 46.0 Å². The molecule has 1 heterocycles. The van der Waals surface area contributed by atoms with E-state index < -0.39 is 5.91 Å². The largest absolute Gasteiger partial charge is 0.496 e. The minimum atomic E-state index is -0.477. The number of hydrogen-bond donors (Lipinski definition) is 1. The van der Waals surface area contributed by atoms with E-state index in [1.165, 1.54) is 4.90 Å². The Labute approximate surface area is 144 Å². The van der Waals surface area contributed by atoms with E-state index in [0.29, 0.717) is 6.54 Å². The van der Waals surface area contributed by atoms with Gasteiger partial charge in [0.2, 0.25) is 0 Å². The Hall–Kier alpha value is -2.73. The van der Waals surface area contributed by atoms with Crippen LogP contribution in [0.1, 0.15) is 12.5 Å². The number of amides is 2. The van der Waals surface area contributed by atoms with Gasteiger partial charge in [0.15, 0.2) is 5.11 Å². The summed E-state index contributed by atoms with van der Waals surface area (Å²) >= 11 is 5.04. The molecule has 0 radical (unpaired) electrons. The molecule has 1 aliphatic rings. The molecule has 2 aromatic carbocycles. The number of nitrogens with one attached hydrogen (secondary N) is 1. The normalized spacial score (nSPS) is 16.7. The lowest BCUT2D eigenvalue weighted by molar-refractivity contribution is -0.128. The fourth-order valence-corrected chi connectivity index (χ4v) is 3.04. The Morgan fingerprint density at radius 2 is 1.88 bits per heavy atom. The zero-order valence-corrected chi connectivity index (χ0v) is 14.1. The van der Waals surface area contributed by atoms with Gasteiger partial charge in [-0.25, -0.2) is 0 Å². The van der Waals surface area contributed by atoms with Crippen LogP contribution in [0.25, 0.3) is 16.8 Å². The number of methoxy groups -OCH3 is 1. The summed E-state index contributed by atoms with van der Waals surface area (Å²) in [5.41, 5.74) is 0.842. The first-order valence-corrected chi connectivity index (χ1v) is 7.92. The van der Waals surface area contributed by atoms with E-state index in [-0.39, 0.29) is 16.6 Å². The molecular weight excluding hydrogens is 324 g/mol. The maximum absolute atomic E-state index is 12.5. The van der Waals surface area contributed by atoms with E-state index in [4.69, 9.17) is 17.0 Å². The average molecular weight is 340 g/mol. The fourth-order valence-electron chi connectivity index (χ4n) is 2.74. The molecule has 0 spiro atoms. The predicted molar refractivity (Wildman–Crippen MR) is 96.6 cm³/mol. The molecule has 1 N–H and O–H groups in total. The van der Waals surface area contributed by atoms with Gasteiger partial charge in [0.25, 0.3) is 11.8 Å². The summed E-state index contributed by atoms with van der Waals surface area (Å²) in [6.07, 6.45) is 1.60. The minimum Gasteiger partial charge on any atom is -0.496 e. The number of hydrogen-bond acceptors (Lipinski definition) is 4. The van der Waals surface area contributed by atoms with Gasteiger partial charge in [0.05, 0.1) is 7.11 Å². The molecule has 122 valence electrons. The number of carbonyl (C=O) groups is 2. The van der Waals surface area contributed by atoms with Crippen LogP contribution in [0.5, 0.6) is 5.75 Å². The molecule has 0 bridgehead atoms. The third-order valence-electron chi connectivity index (χ3n) is 3.94. The number of ether oxygens (including phenoxy) is 1. The summed E-state index contributed by atoms with van der Waals surface area (Å²) in [6.45, 7) is 2.21. The standard InChI is InChI=1S/C18H16N2O3S/c1-3-20-17(22)14(16(21)19-18(20)24)10-11-8-9-15(23-2)13-7-5-4-6-12(11)13/h4-10H,3H2,1-2H3,(H,19,21,24)/b14-10-. The number of benzene rings is 2. The predicted octanol–water partition coefficient (Wildman–Crippen LogP) is 2.50. The second-order valence-corrected chi connectivity index (χ2v) is 5.66. The first-order valence-electron chi connectivity index (χ1n) is 7.51. The highest BCUT2D eigenvalue weighted by molar-refractivity contribution is 7.80. The van der Waals surface area contributed by atoms with Crippen LogP contribution in [0.4, 0.5) is 0 Å². The van der Waals surface area contributed by atoms with E-state index in [2.05, 4.69) is 5.32 Å². The number of likely N-dealkylation sites (N-methyl/N-ethyl adjacent to an activating group) is 1. The topological polar surface area (TPSA) is 58.6 Å². The van der Waals surface area contributed by atoms with E-state index in [1.807, 2.05) is 43.3 Å². The molecule has 2 aromatic rings. The maximum Gasteiger partial charge on any atom is 0.265 e. The minimum absolute atomic E-state index is 0.0702. The van der Waals surface area contributed by atoms with Gasteiger partial charge in [-0.3, -0.25) is 19.8 Å². The van der Waals surface area contributed by atoms with Crippen molar-refractivity contribution in [2.75, 3.05) is 13.7 Å². The summed E-state index contributed by atoms with van der Waals surface area (Å²) in [5.74, 6) is -0.121. The molecule has 0 aromatic heterocycles. The number of fused-ring (bicyclic) bond motifs is 1. The van der Waals surface area contributed by atoms with Gasteiger partial charge >= 0.3 is 0 Å². The zero-order valence-electron chi connectivity index (χ0n) is 13.3. The summed E-state index contributed by atoms with van der Waals surface area (Å²) < 4.78 is 5.37. The summed E-state index contributed by atoms with van der Waals surface area (Å²) in [6, 6.07) is 11.3. The lowest BCUT2D eigenvalue weighted by atomic mass is 10.0. The molecule has 0 atom stereocenters. The summed E-state index contributed by atoms with van der Waals surface area (Å²) in [4.78, 5) is 26.1. The molecule has 5 nitrogen and oxygen atoms in total. The van der Waals surface area contributed by atoms with Crippen molar-refractivity contribution in [3.63, 3.8) is 0 Å². The van der Waals surface area contributed by atoms with Crippen LogP contribution < -0.4 is 10.1 Å². The van der Waals surface area contributed by atoms with Crippen molar-refractivity contribution < 1.29 is 14.3 Å². The van der Waals surface area contributed by atoms with Crippen LogP contribution >= 0.6 is 12.2 Å². The van der Waals surface area contributed by atoms with E-state index in [1.54, 1.807) is 13.2 Å². The van der Waals surface area contributed by atoms with Gasteiger partial charge in [-0.2, -0.15) is 0 Å². The third-order valence-corrected chi connectivity index (χ3v) is 4.26. The molecule has 1 saturated heterocycles. The second kappa shape index (κ2) is 6.41. The molecule has 1 fully saturated rings. The summed E-state index contributed by atoms with van der Waals surface area (Å²) in [7, 11) is 1.61. The highest BCUT2D eigenvalue weighted by atomic mass is 32.1. The molecule has 6 heteroatoms. The van der Waals surface area contributed by atoms with Crippen molar-refractivity contribution in [3.8, 4) is 5.75 Å². The van der Waals surface area contributed by atoms with Gasteiger partial charge in [0.1, 0.15) is 11.3 Å². The Morgan fingerprint density at radius 3 is 2.54 bits per heavy atom. The molecule has 24 heavy (non-hydrogen) atoms. The molecule has 2 amide bonds. The quantitative estimate of drug-likeness (QED) is 0.530. The smallest absolute Gasteiger partial charge is 0.265 e. The highest BCUT2D eigenvalue weighted by Crippen LogP contribution is 2.30. The van der Waals surface area contributed by atoms with Crippen molar-refractivity contribution in [1.82, 2.24) is 10.2 Å². The van der Waals surface area contributed by atoms with Crippen molar-refractivity contribution in [1.29, 1.82) is 0 Å². The highest BCUT2D eigenvalue weighted by Gasteiger charge is 2.32. The lowest BCUT2D eigenvalue weighted by Gasteiger charge is -2.27. The summed E-state index contributed by atoms with van der Waals surface area (Å²) in [5, 5.41) is 4.52. The van der Waals surface area contributed by atoms with Crippen LogP contribution in [0, 0.1) is 0 Å². The fraction of sp³-hybridized carbons (Fsp3) is 0.167. The molecular formula is C18H16N2O3S. The van der Waals surface area contributed by atoms with Crippen LogP contribution in [0.15, 0.2) is 42.0 Å². The van der Waals surface area contributed by atoms with Crippen LogP contribution in [0.3, 0.4) is 0 Å². The van der Waals surface area contributed by atoms with Crippen LogP contribution in [-0.4, -0.2) is 35.5 Å². The number of rotatable bonds is 3. The van der Waals surface area contributed by atoms with Gasteiger partial charge in [-0.05, 0) is 42.2 Å². The molecule has 1 aliphatic heterocycles. The number of thiocarbonyl (C=S) groups is 1. The monoisotopic (exact) mass is 340 g/mol. The van der Waals surface area contributed by atoms with E-state index >= 15 is 0 Å². The van der Waals surface area contributed by atoms with E-state index in [9.17, 15) is 9.59 Å². The molecule has 0 unspecified atom stereocenters. The maximum atomic E-state index is 12.5. The zero-order chi connectivity index (χ0) is 17.3. The third kappa shape index (κ3) is 2.65. The van der Waals surface area contributed by atoms with Gasteiger partial charge < -0.3 is 4.74 Å². The SMILES string of the molecule is CCN1C(=O)/C(=C\c2ccc(OC)c3ccccc23)C(=O)NC1=S. The lowest BCUT2D eigenvalue weighted by Crippen LogP contribution is -2.53. The van der Waals surface area contributed by atoms with Crippen molar-refractivity contribution in [2.45, 2.75) is 6.92 Å². The molecule has 3 rings (SSSR count). The van der Waals surface area contributed by atoms with Crippen molar-refractivity contribution in [3.05, 3.63) is 47.5 Å². The molecule has 0 saturated carbocycles. The van der Waals surface area contributed by atoms with Crippen LogP contribution in [-0.2, 0) is 9.59 Å². The number of carbonyl (C=O) groups excluding carboxylic acids is 2. The first kappa shape index (κ1) is 16.1.